The molecule has 0 bridgehead atoms. The molecule has 0 aliphatic carbocycles. The van der Waals surface area contributed by atoms with Gasteiger partial charge in [0.25, 0.3) is 0 Å². The quantitative estimate of drug-likeness (QED) is 0.370. The molecule has 4 N–H and O–H groups in total. The van der Waals surface area contributed by atoms with Crippen molar-refractivity contribution in [2.45, 2.75) is 43.6 Å². The van der Waals surface area contributed by atoms with Crippen LogP contribution in [0.5, 0.6) is 5.75 Å². The predicted octanol–water partition coefficient (Wildman–Crippen LogP) is 3.13. The molecule has 1 aromatic carbocycles. The van der Waals surface area contributed by atoms with E-state index in [2.05, 4.69) is 20.3 Å². The van der Waals surface area contributed by atoms with Gasteiger partial charge in [-0.2, -0.15) is 0 Å². The summed E-state index contributed by atoms with van der Waals surface area (Å²) in [5.74, 6) is 1.58. The lowest BCUT2D eigenvalue weighted by molar-refractivity contribution is -0.0412. The summed E-state index contributed by atoms with van der Waals surface area (Å²) >= 11 is 0. The van der Waals surface area contributed by atoms with E-state index in [0.717, 1.165) is 35.1 Å². The number of benzene rings is 1. The molecule has 0 amide bonds. The van der Waals surface area contributed by atoms with Gasteiger partial charge in [0.05, 0.1) is 17.0 Å². The van der Waals surface area contributed by atoms with Crippen LogP contribution in [0.15, 0.2) is 42.9 Å². The maximum Gasteiger partial charge on any atom is 0.173 e. The van der Waals surface area contributed by atoms with Gasteiger partial charge in [0.1, 0.15) is 48.2 Å². The third kappa shape index (κ3) is 3.89. The highest BCUT2D eigenvalue weighted by Crippen LogP contribution is 2.40. The van der Waals surface area contributed by atoms with Crippen molar-refractivity contribution in [2.24, 2.45) is 0 Å². The number of fused-ring (bicyclic) bond motifs is 2. The van der Waals surface area contributed by atoms with Crippen molar-refractivity contribution in [3.8, 4) is 5.75 Å². The first-order valence-electron chi connectivity index (χ1n) is 11.9. The molecule has 2 fully saturated rings. The summed E-state index contributed by atoms with van der Waals surface area (Å²) in [6, 6.07) is 9.35. The number of pyridine rings is 1. The lowest BCUT2D eigenvalue weighted by Gasteiger charge is -2.17. The largest absolute Gasteiger partial charge is 0.491 e. The van der Waals surface area contributed by atoms with E-state index in [1.807, 2.05) is 24.3 Å². The Morgan fingerprint density at radius 3 is 2.94 bits per heavy atom. The molecule has 0 saturated carbocycles. The average Bonchev–Trinajstić information content (AvgIpc) is 3.62. The van der Waals surface area contributed by atoms with Crippen LogP contribution in [0, 0.1) is 0 Å². The fraction of sp³-hybridized carbons (Fsp3) is 0.400. The van der Waals surface area contributed by atoms with Gasteiger partial charge in [0.15, 0.2) is 12.4 Å². The molecule has 0 radical (unpaired) electrons. The van der Waals surface area contributed by atoms with Crippen LogP contribution >= 0.6 is 0 Å². The highest BCUT2D eigenvalue weighted by Gasteiger charge is 2.46. The molecule has 36 heavy (non-hydrogen) atoms. The lowest BCUT2D eigenvalue weighted by atomic mass is 10.1. The monoisotopic (exact) mass is 494 g/mol. The van der Waals surface area contributed by atoms with Crippen LogP contribution in [0.3, 0.4) is 0 Å². The molecule has 4 aromatic rings. The van der Waals surface area contributed by atoms with E-state index in [1.165, 1.54) is 6.33 Å². The number of aromatic nitrogens is 4. The number of nitrogens with two attached hydrogens (primary N) is 1. The van der Waals surface area contributed by atoms with Gasteiger partial charge >= 0.3 is 0 Å². The highest BCUT2D eigenvalue weighted by molar-refractivity contribution is 5.90. The molecular formula is C25H27FN6O4. The smallest absolute Gasteiger partial charge is 0.173 e. The third-order valence-corrected chi connectivity index (χ3v) is 6.85. The maximum atomic E-state index is 15.4. The van der Waals surface area contributed by atoms with Crippen LogP contribution in [-0.4, -0.2) is 63.3 Å². The summed E-state index contributed by atoms with van der Waals surface area (Å²) in [7, 11) is 1.80. The first-order valence-corrected chi connectivity index (χ1v) is 11.9. The second kappa shape index (κ2) is 9.16. The van der Waals surface area contributed by atoms with Crippen LogP contribution in [-0.2, 0) is 9.47 Å². The average molecular weight is 495 g/mol. The number of nitrogen functional groups attached to an aromatic ring is 1. The Labute approximate surface area is 206 Å². The summed E-state index contributed by atoms with van der Waals surface area (Å²) in [5.41, 5.74) is 8.16. The van der Waals surface area contributed by atoms with E-state index in [1.54, 1.807) is 23.9 Å². The van der Waals surface area contributed by atoms with Gasteiger partial charge in [-0.05, 0) is 37.1 Å². The summed E-state index contributed by atoms with van der Waals surface area (Å²) in [5, 5.41) is 15.3. The molecule has 6 rings (SSSR count). The van der Waals surface area contributed by atoms with Gasteiger partial charge in [0, 0.05) is 36.9 Å². The number of ether oxygens (including phenoxy) is 3. The van der Waals surface area contributed by atoms with Crippen molar-refractivity contribution in [3.05, 3.63) is 48.4 Å². The first kappa shape index (κ1) is 22.9. The zero-order chi connectivity index (χ0) is 24.8. The number of halogens is 1. The number of alkyl halides is 1. The van der Waals surface area contributed by atoms with Gasteiger partial charge < -0.3 is 34.9 Å². The Morgan fingerprint density at radius 2 is 2.14 bits per heavy atom. The van der Waals surface area contributed by atoms with Gasteiger partial charge in [-0.15, -0.1) is 0 Å². The zero-order valence-corrected chi connectivity index (χ0v) is 19.7. The Balaban J connectivity index is 1.24. The van der Waals surface area contributed by atoms with Crippen molar-refractivity contribution in [1.29, 1.82) is 0 Å². The first-order chi connectivity index (χ1) is 17.5. The Hall–Kier alpha value is -3.54. The van der Waals surface area contributed by atoms with Crippen molar-refractivity contribution in [3.63, 3.8) is 0 Å². The standard InChI is InChI=1S/C25H27FN6O4/c1-28-19-7-5-13-4-6-14(9-16(13)31-19)35-11-18-22(33)21(26)25(36-18)32-10-15(17-3-2-8-34-17)20-23(27)29-12-30-24(20)32/h4-7,9-10,12,17-18,21-22,25,33H,2-3,8,11H2,1H3,(H,28,31)(H2,27,29,30)/t17-,18-,21+,22-,25-/m1/s1. The molecule has 0 unspecified atom stereocenters. The molecule has 5 heterocycles. The number of hydrogen-bond acceptors (Lipinski definition) is 9. The predicted molar refractivity (Wildman–Crippen MR) is 131 cm³/mol. The van der Waals surface area contributed by atoms with E-state index >= 15 is 4.39 Å². The molecule has 188 valence electrons. The van der Waals surface area contributed by atoms with Crippen molar-refractivity contribution >= 4 is 33.6 Å². The molecule has 10 nitrogen and oxygen atoms in total. The number of nitrogens with one attached hydrogen (secondary N) is 1. The number of anilines is 2. The minimum absolute atomic E-state index is 0.0375. The van der Waals surface area contributed by atoms with Crippen LogP contribution in [0.4, 0.5) is 16.0 Å². The highest BCUT2D eigenvalue weighted by atomic mass is 19.1. The maximum absolute atomic E-state index is 15.4. The van der Waals surface area contributed by atoms with Crippen molar-refractivity contribution < 1.29 is 23.7 Å². The number of nitrogens with zero attached hydrogens (tertiary/aromatic N) is 4. The van der Waals surface area contributed by atoms with Crippen molar-refractivity contribution in [2.75, 3.05) is 31.3 Å². The second-order valence-corrected chi connectivity index (χ2v) is 9.06. The lowest BCUT2D eigenvalue weighted by Crippen LogP contribution is -2.32. The topological polar surface area (TPSA) is 130 Å². The van der Waals surface area contributed by atoms with Gasteiger partial charge in [0.2, 0.25) is 0 Å². The molecule has 3 aromatic heterocycles. The minimum Gasteiger partial charge on any atom is -0.491 e. The molecule has 0 spiro atoms. The van der Waals surface area contributed by atoms with Crippen LogP contribution in [0.25, 0.3) is 21.9 Å². The number of hydrogen-bond donors (Lipinski definition) is 3. The Bertz CT molecular complexity index is 1410. The number of rotatable bonds is 6. The molecule has 2 saturated heterocycles. The Morgan fingerprint density at radius 1 is 1.28 bits per heavy atom. The second-order valence-electron chi connectivity index (χ2n) is 9.06. The fourth-order valence-corrected chi connectivity index (χ4v) is 4.97. The van der Waals surface area contributed by atoms with E-state index in [4.69, 9.17) is 19.9 Å². The van der Waals surface area contributed by atoms with Crippen LogP contribution < -0.4 is 15.8 Å². The summed E-state index contributed by atoms with van der Waals surface area (Å²) in [4.78, 5) is 13.0. The van der Waals surface area contributed by atoms with Gasteiger partial charge in [-0.3, -0.25) is 0 Å². The molecular weight excluding hydrogens is 467 g/mol. The molecule has 2 aliphatic rings. The van der Waals surface area contributed by atoms with E-state index in [0.29, 0.717) is 29.2 Å². The Kier molecular flexibility index (Phi) is 5.82. The number of aliphatic hydroxyl groups is 1. The summed E-state index contributed by atoms with van der Waals surface area (Å²) in [6.45, 7) is 0.611. The zero-order valence-electron chi connectivity index (χ0n) is 19.7. The SMILES string of the molecule is CNc1ccc2ccc(OC[C@H]3O[C@@H](n4cc([C@H]5CCCO5)c5c(N)ncnc54)[C@@H](F)[C@@H]3O)cc2n1. The van der Waals surface area contributed by atoms with E-state index in [9.17, 15) is 5.11 Å². The molecule has 5 atom stereocenters. The summed E-state index contributed by atoms with van der Waals surface area (Å²) in [6.07, 6.45) is -0.394. The van der Waals surface area contributed by atoms with E-state index < -0.39 is 24.6 Å². The molecule has 2 aliphatic heterocycles. The number of aliphatic hydroxyl groups excluding tert-OH is 1. The van der Waals surface area contributed by atoms with E-state index in [-0.39, 0.29) is 12.7 Å². The minimum atomic E-state index is -1.70. The van der Waals surface area contributed by atoms with Crippen molar-refractivity contribution in [1.82, 2.24) is 19.5 Å². The molecule has 11 heteroatoms. The van der Waals surface area contributed by atoms with Crippen LogP contribution in [0.1, 0.15) is 30.7 Å². The normalized spacial score (nSPS) is 26.1. The van der Waals surface area contributed by atoms with Gasteiger partial charge in [-0.25, -0.2) is 19.3 Å². The third-order valence-electron chi connectivity index (χ3n) is 6.85. The fourth-order valence-electron chi connectivity index (χ4n) is 4.97. The summed E-state index contributed by atoms with van der Waals surface area (Å²) < 4.78 is 34.7. The van der Waals surface area contributed by atoms with Gasteiger partial charge in [-0.1, -0.05) is 0 Å². The van der Waals surface area contributed by atoms with Crippen LogP contribution in [0.2, 0.25) is 0 Å².